The van der Waals surface area contributed by atoms with Crippen LogP contribution in [0.4, 0.5) is 22.9 Å². The first-order chi connectivity index (χ1) is 17.3. The van der Waals surface area contributed by atoms with E-state index >= 15 is 0 Å². The normalized spacial score (nSPS) is 18.7. The van der Waals surface area contributed by atoms with E-state index in [0.29, 0.717) is 28.2 Å². The van der Waals surface area contributed by atoms with Crippen LogP contribution in [0.3, 0.4) is 0 Å². The number of anilines is 4. The van der Waals surface area contributed by atoms with Crippen LogP contribution in [0.5, 0.6) is 0 Å². The van der Waals surface area contributed by atoms with Gasteiger partial charge in [-0.05, 0) is 18.9 Å². The highest BCUT2D eigenvalue weighted by Crippen LogP contribution is 2.43. The molecule has 1 saturated carbocycles. The molecule has 0 atom stereocenters. The van der Waals surface area contributed by atoms with Crippen LogP contribution in [0.25, 0.3) is 11.3 Å². The van der Waals surface area contributed by atoms with E-state index in [4.69, 9.17) is 6.85 Å². The molecule has 32 heavy (non-hydrogen) atoms. The van der Waals surface area contributed by atoms with E-state index < -0.39 is 19.4 Å². The van der Waals surface area contributed by atoms with Crippen molar-refractivity contribution in [1.29, 1.82) is 0 Å². The standard InChI is InChI=1S/C23H25N7O2/c1-24-23(32)16-10-25-19(27-22(31)13-7-8-13)9-18(16)26-17-6-4-5-15-20-14(12-30(3)28-20)11-29(2)21(15)17/h4-6,9-10,12-13H,7-8,11H2,1-3H3,(H,24,32)(H2,25,26,27,31)/i1D3,11D2. The largest absolute Gasteiger partial charge is 0.368 e. The number of aromatic nitrogens is 3. The number of carbonyl (C=O) groups is 2. The highest BCUT2D eigenvalue weighted by Gasteiger charge is 2.30. The number of rotatable bonds is 5. The molecule has 9 nitrogen and oxygen atoms in total. The SMILES string of the molecule is [2H]C([2H])([2H])NC(=O)c1cnc(NC(=O)C2CC2)cc1Nc1cccc2c1N(C)C([2H])([2H])c1cn(C)nc1-2. The van der Waals surface area contributed by atoms with Crippen LogP contribution < -0.4 is 20.9 Å². The van der Waals surface area contributed by atoms with Gasteiger partial charge >= 0.3 is 0 Å². The molecule has 1 fully saturated rings. The van der Waals surface area contributed by atoms with Gasteiger partial charge in [-0.1, -0.05) is 12.1 Å². The van der Waals surface area contributed by atoms with Crippen LogP contribution >= 0.6 is 0 Å². The zero-order valence-electron chi connectivity index (χ0n) is 22.6. The summed E-state index contributed by atoms with van der Waals surface area (Å²) in [5.74, 6) is -0.923. The Balaban J connectivity index is 1.59. The van der Waals surface area contributed by atoms with E-state index in [0.717, 1.165) is 12.8 Å². The molecule has 0 unspecified atom stereocenters. The molecule has 1 aliphatic carbocycles. The molecule has 5 rings (SSSR count). The summed E-state index contributed by atoms with van der Waals surface area (Å²) < 4.78 is 41.2. The van der Waals surface area contributed by atoms with Crippen molar-refractivity contribution in [2.75, 3.05) is 29.6 Å². The van der Waals surface area contributed by atoms with Crippen LogP contribution in [-0.4, -0.2) is 40.6 Å². The summed E-state index contributed by atoms with van der Waals surface area (Å²) in [6, 6.07) is 6.77. The van der Waals surface area contributed by atoms with Crippen molar-refractivity contribution in [1.82, 2.24) is 20.1 Å². The minimum atomic E-state index is -2.72. The molecule has 164 valence electrons. The van der Waals surface area contributed by atoms with Gasteiger partial charge in [0.1, 0.15) is 5.82 Å². The smallest absolute Gasteiger partial charge is 0.254 e. The zero-order chi connectivity index (χ0) is 26.7. The monoisotopic (exact) mass is 436 g/mol. The van der Waals surface area contributed by atoms with Crippen LogP contribution in [0.15, 0.2) is 36.7 Å². The average Bonchev–Trinajstić information content (AvgIpc) is 3.58. The van der Waals surface area contributed by atoms with Gasteiger partial charge in [0.05, 0.1) is 31.1 Å². The second-order valence-electron chi connectivity index (χ2n) is 7.90. The van der Waals surface area contributed by atoms with Gasteiger partial charge in [-0.3, -0.25) is 14.3 Å². The fourth-order valence-electron chi connectivity index (χ4n) is 3.80. The first-order valence-corrected chi connectivity index (χ1v) is 10.2. The highest BCUT2D eigenvalue weighted by atomic mass is 16.2. The fraction of sp³-hybridized carbons (Fsp3) is 0.304. The molecule has 3 heterocycles. The Hall–Kier alpha value is -3.88. The molecule has 0 radical (unpaired) electrons. The second-order valence-corrected chi connectivity index (χ2v) is 7.90. The van der Waals surface area contributed by atoms with Crippen molar-refractivity contribution in [2.45, 2.75) is 19.3 Å². The summed E-state index contributed by atoms with van der Waals surface area (Å²) in [6.07, 6.45) is 4.44. The summed E-state index contributed by atoms with van der Waals surface area (Å²) >= 11 is 0. The van der Waals surface area contributed by atoms with Gasteiger partial charge in [0.15, 0.2) is 0 Å². The molecule has 3 N–H and O–H groups in total. The summed E-state index contributed by atoms with van der Waals surface area (Å²) in [6.45, 7) is -4.59. The summed E-state index contributed by atoms with van der Waals surface area (Å²) in [7, 11) is 3.34. The third-order valence-electron chi connectivity index (χ3n) is 5.47. The van der Waals surface area contributed by atoms with Crippen molar-refractivity contribution in [3.05, 3.63) is 47.8 Å². The van der Waals surface area contributed by atoms with Gasteiger partial charge in [-0.2, -0.15) is 5.10 Å². The van der Waals surface area contributed by atoms with Gasteiger partial charge in [-0.15, -0.1) is 0 Å². The Morgan fingerprint density at radius 2 is 2.09 bits per heavy atom. The summed E-state index contributed by atoms with van der Waals surface area (Å²) in [5.41, 5.74) is 2.69. The number of aryl methyl sites for hydroxylation is 1. The number of pyridine rings is 1. The number of para-hydroxylation sites is 1. The number of nitrogens with one attached hydrogen (secondary N) is 3. The minimum Gasteiger partial charge on any atom is -0.368 e. The van der Waals surface area contributed by atoms with Crippen LogP contribution in [-0.2, 0) is 18.3 Å². The Morgan fingerprint density at radius 3 is 2.88 bits per heavy atom. The quantitative estimate of drug-likeness (QED) is 0.568. The van der Waals surface area contributed by atoms with E-state index in [1.54, 1.807) is 37.1 Å². The van der Waals surface area contributed by atoms with Crippen molar-refractivity contribution >= 4 is 34.7 Å². The molecule has 2 aliphatic rings. The Bertz CT molecular complexity index is 1410. The molecular weight excluding hydrogens is 406 g/mol. The van der Waals surface area contributed by atoms with Crippen LogP contribution in [0, 0.1) is 5.92 Å². The number of carbonyl (C=O) groups excluding carboxylic acids is 2. The van der Waals surface area contributed by atoms with Gasteiger partial charge in [0, 0.05) is 67.2 Å². The topological polar surface area (TPSA) is 104 Å². The summed E-state index contributed by atoms with van der Waals surface area (Å²) in [5, 5.41) is 12.3. The molecule has 2 amide bonds. The van der Waals surface area contributed by atoms with Crippen molar-refractivity contribution in [3.63, 3.8) is 0 Å². The average molecular weight is 437 g/mol. The highest BCUT2D eigenvalue weighted by molar-refractivity contribution is 6.02. The van der Waals surface area contributed by atoms with E-state index in [1.165, 1.54) is 17.2 Å². The molecular formula is C23H25N7O2. The van der Waals surface area contributed by atoms with E-state index in [2.05, 4.69) is 20.7 Å². The fourth-order valence-corrected chi connectivity index (χ4v) is 3.80. The second kappa shape index (κ2) is 7.67. The number of fused-ring (bicyclic) bond motifs is 3. The minimum absolute atomic E-state index is 0.0573. The molecule has 3 aromatic rings. The number of benzene rings is 1. The molecule has 1 aliphatic heterocycles. The maximum Gasteiger partial charge on any atom is 0.254 e. The molecule has 1 aromatic carbocycles. The molecule has 0 saturated heterocycles. The molecule has 2 aromatic heterocycles. The van der Waals surface area contributed by atoms with Gasteiger partial charge in [0.25, 0.3) is 5.91 Å². The lowest BCUT2D eigenvalue weighted by Gasteiger charge is -2.29. The predicted molar refractivity (Wildman–Crippen MR) is 123 cm³/mol. The predicted octanol–water partition coefficient (Wildman–Crippen LogP) is 2.88. The Kier molecular flexibility index (Phi) is 3.60. The Labute approximate surface area is 192 Å². The lowest BCUT2D eigenvalue weighted by atomic mass is 9.99. The number of nitrogens with zero attached hydrogens (tertiary/aromatic N) is 4. The van der Waals surface area contributed by atoms with Crippen molar-refractivity contribution in [3.8, 4) is 11.3 Å². The Morgan fingerprint density at radius 1 is 1.25 bits per heavy atom. The third kappa shape index (κ3) is 3.55. The van der Waals surface area contributed by atoms with E-state index in [9.17, 15) is 9.59 Å². The van der Waals surface area contributed by atoms with Gasteiger partial charge < -0.3 is 20.9 Å². The molecule has 9 heteroatoms. The van der Waals surface area contributed by atoms with Crippen molar-refractivity contribution in [2.24, 2.45) is 13.0 Å². The first kappa shape index (κ1) is 15.0. The summed E-state index contributed by atoms with van der Waals surface area (Å²) in [4.78, 5) is 30.7. The molecule has 0 bridgehead atoms. The van der Waals surface area contributed by atoms with Crippen molar-refractivity contribution < 1.29 is 16.4 Å². The van der Waals surface area contributed by atoms with Gasteiger partial charge in [0.2, 0.25) is 5.91 Å². The number of amides is 2. The third-order valence-corrected chi connectivity index (χ3v) is 5.47. The van der Waals surface area contributed by atoms with Crippen LogP contribution in [0.2, 0.25) is 0 Å². The lowest BCUT2D eigenvalue weighted by Crippen LogP contribution is -2.23. The number of hydrogen-bond acceptors (Lipinski definition) is 6. The van der Waals surface area contributed by atoms with Crippen LogP contribution in [0.1, 0.15) is 35.6 Å². The number of hydrogen-bond donors (Lipinski definition) is 3. The maximum atomic E-state index is 12.8. The van der Waals surface area contributed by atoms with E-state index in [1.807, 2.05) is 11.4 Å². The maximum absolute atomic E-state index is 12.8. The molecule has 0 spiro atoms. The lowest BCUT2D eigenvalue weighted by molar-refractivity contribution is -0.117. The zero-order valence-corrected chi connectivity index (χ0v) is 17.6. The first-order valence-electron chi connectivity index (χ1n) is 12.7. The van der Waals surface area contributed by atoms with E-state index in [-0.39, 0.29) is 28.9 Å². The van der Waals surface area contributed by atoms with Gasteiger partial charge in [-0.25, -0.2) is 4.98 Å².